The smallest absolute Gasteiger partial charge is 0.0942 e. The second-order valence-corrected chi connectivity index (χ2v) is 8.48. The monoisotopic (exact) mass is 526 g/mol. The summed E-state index contributed by atoms with van der Waals surface area (Å²) in [4.78, 5) is -0.510. The maximum absolute atomic E-state index is 10.5. The number of halogens is 4. The van der Waals surface area contributed by atoms with E-state index in [1.54, 1.807) is 0 Å². The average Bonchev–Trinajstić information content (AvgIpc) is 2.46. The zero-order valence-corrected chi connectivity index (χ0v) is 16.4. The standard InChI is InChI=1S/C14H10Br4O2/c15-9-5-3-1-2-4-6(5)10(16)8-7(9)13(19)11(17)12(18)14(8)20/h1-4,11-14,19-20H/t11-,12+,13-,14-/m0/s1. The van der Waals surface area contributed by atoms with Gasteiger partial charge in [0.05, 0.1) is 21.9 Å². The molecular formula is C14H10Br4O2. The number of alkyl halides is 2. The molecule has 106 valence electrons. The van der Waals surface area contributed by atoms with Gasteiger partial charge in [-0.15, -0.1) is 0 Å². The Morgan fingerprint density at radius 1 is 0.750 bits per heavy atom. The van der Waals surface area contributed by atoms with Crippen molar-refractivity contribution in [3.8, 4) is 0 Å². The molecule has 0 bridgehead atoms. The quantitative estimate of drug-likeness (QED) is 0.473. The number of hydrogen-bond acceptors (Lipinski definition) is 2. The van der Waals surface area contributed by atoms with Gasteiger partial charge >= 0.3 is 0 Å². The molecule has 0 radical (unpaired) electrons. The average molecular weight is 530 g/mol. The van der Waals surface area contributed by atoms with Crippen molar-refractivity contribution in [2.45, 2.75) is 21.9 Å². The van der Waals surface area contributed by atoms with Crippen LogP contribution in [0.15, 0.2) is 33.2 Å². The molecule has 1 aliphatic carbocycles. The zero-order valence-electron chi connectivity index (χ0n) is 10.0. The zero-order chi connectivity index (χ0) is 14.6. The first-order valence-electron chi connectivity index (χ1n) is 5.99. The summed E-state index contributed by atoms with van der Waals surface area (Å²) in [6, 6.07) is 7.90. The molecule has 2 N–H and O–H groups in total. The van der Waals surface area contributed by atoms with E-state index in [1.807, 2.05) is 24.3 Å². The lowest BCUT2D eigenvalue weighted by molar-refractivity contribution is 0.105. The van der Waals surface area contributed by atoms with Crippen molar-refractivity contribution in [2.75, 3.05) is 0 Å². The van der Waals surface area contributed by atoms with E-state index in [0.29, 0.717) is 0 Å². The molecule has 2 nitrogen and oxygen atoms in total. The molecule has 0 amide bonds. The largest absolute Gasteiger partial charge is 0.387 e. The fourth-order valence-corrected chi connectivity index (χ4v) is 5.33. The first-order valence-corrected chi connectivity index (χ1v) is 9.40. The highest BCUT2D eigenvalue weighted by molar-refractivity contribution is 9.12. The van der Waals surface area contributed by atoms with Gasteiger partial charge in [-0.2, -0.15) is 0 Å². The molecular weight excluding hydrogens is 520 g/mol. The predicted octanol–water partition coefficient (Wildman–Crippen LogP) is 4.97. The number of aliphatic hydroxyl groups is 2. The normalized spacial score (nSPS) is 29.5. The van der Waals surface area contributed by atoms with Crippen molar-refractivity contribution in [1.82, 2.24) is 0 Å². The SMILES string of the molecule is O[C@H]1c2c(c(Br)c3ccccc3c2Br)[C@H](O)[C@@H](Br)[C@H]1Br. The molecule has 20 heavy (non-hydrogen) atoms. The predicted molar refractivity (Wildman–Crippen MR) is 94.7 cm³/mol. The molecule has 6 heteroatoms. The van der Waals surface area contributed by atoms with Gasteiger partial charge in [0, 0.05) is 20.1 Å². The molecule has 0 saturated carbocycles. The minimum Gasteiger partial charge on any atom is -0.387 e. The molecule has 1 aliphatic rings. The molecule has 0 aromatic heterocycles. The highest BCUT2D eigenvalue weighted by atomic mass is 79.9. The van der Waals surface area contributed by atoms with Crippen LogP contribution < -0.4 is 0 Å². The Kier molecular flexibility index (Phi) is 4.35. The lowest BCUT2D eigenvalue weighted by Gasteiger charge is -2.36. The molecule has 0 aliphatic heterocycles. The third-order valence-corrected chi connectivity index (χ3v) is 8.22. The van der Waals surface area contributed by atoms with E-state index in [2.05, 4.69) is 63.7 Å². The first kappa shape index (κ1) is 15.4. The van der Waals surface area contributed by atoms with Crippen LogP contribution in [0.25, 0.3) is 10.8 Å². The Bertz CT molecular complexity index is 630. The third-order valence-electron chi connectivity index (χ3n) is 3.66. The van der Waals surface area contributed by atoms with E-state index >= 15 is 0 Å². The molecule has 0 fully saturated rings. The summed E-state index contributed by atoms with van der Waals surface area (Å²) in [6.07, 6.45) is -1.40. The van der Waals surface area contributed by atoms with Crippen molar-refractivity contribution >= 4 is 74.5 Å². The summed E-state index contributed by atoms with van der Waals surface area (Å²) in [5.74, 6) is 0. The Hall–Kier alpha value is 0.540. The van der Waals surface area contributed by atoms with Crippen molar-refractivity contribution in [1.29, 1.82) is 0 Å². The van der Waals surface area contributed by atoms with Crippen LogP contribution in [0.3, 0.4) is 0 Å². The van der Waals surface area contributed by atoms with Gasteiger partial charge in [0.1, 0.15) is 0 Å². The van der Waals surface area contributed by atoms with Crippen molar-refractivity contribution < 1.29 is 10.2 Å². The van der Waals surface area contributed by atoms with Crippen LogP contribution in [0.2, 0.25) is 0 Å². The van der Waals surface area contributed by atoms with Crippen LogP contribution >= 0.6 is 63.7 Å². The first-order chi connectivity index (χ1) is 9.45. The lowest BCUT2D eigenvalue weighted by atomic mass is 9.85. The van der Waals surface area contributed by atoms with Crippen LogP contribution in [0.5, 0.6) is 0 Å². The Balaban J connectivity index is 2.43. The highest BCUT2D eigenvalue weighted by Crippen LogP contribution is 2.51. The summed E-state index contributed by atoms with van der Waals surface area (Å²) in [5, 5.41) is 23.1. The molecule has 4 atom stereocenters. The molecule has 2 aromatic rings. The highest BCUT2D eigenvalue weighted by Gasteiger charge is 2.41. The topological polar surface area (TPSA) is 40.5 Å². The summed E-state index contributed by atoms with van der Waals surface area (Å²) in [6.45, 7) is 0. The van der Waals surface area contributed by atoms with Gasteiger partial charge in [-0.3, -0.25) is 0 Å². The van der Waals surface area contributed by atoms with E-state index in [1.165, 1.54) is 0 Å². The maximum atomic E-state index is 10.5. The molecule has 0 unspecified atom stereocenters. The van der Waals surface area contributed by atoms with Gasteiger partial charge < -0.3 is 10.2 Å². The van der Waals surface area contributed by atoms with E-state index in [9.17, 15) is 10.2 Å². The Labute approximate surface area is 150 Å². The molecule has 0 spiro atoms. The fourth-order valence-electron chi connectivity index (χ4n) is 2.64. The molecule has 0 saturated heterocycles. The molecule has 2 aromatic carbocycles. The molecule has 0 heterocycles. The maximum Gasteiger partial charge on any atom is 0.0942 e. The van der Waals surface area contributed by atoms with Gasteiger partial charge in [0.25, 0.3) is 0 Å². The minimum atomic E-state index is -0.701. The Morgan fingerprint density at radius 2 is 1.10 bits per heavy atom. The van der Waals surface area contributed by atoms with Gasteiger partial charge in [-0.25, -0.2) is 0 Å². The van der Waals surface area contributed by atoms with Crippen LogP contribution in [-0.2, 0) is 0 Å². The second kappa shape index (κ2) is 5.63. The van der Waals surface area contributed by atoms with E-state index < -0.39 is 12.2 Å². The molecule has 3 rings (SSSR count). The van der Waals surface area contributed by atoms with Crippen LogP contribution in [0.4, 0.5) is 0 Å². The number of hydrogen-bond donors (Lipinski definition) is 2. The van der Waals surface area contributed by atoms with Gasteiger partial charge in [0.2, 0.25) is 0 Å². The number of benzene rings is 2. The van der Waals surface area contributed by atoms with Crippen LogP contribution in [-0.4, -0.2) is 19.9 Å². The lowest BCUT2D eigenvalue weighted by Crippen LogP contribution is -2.35. The summed E-state index contributed by atoms with van der Waals surface area (Å²) in [7, 11) is 0. The van der Waals surface area contributed by atoms with Crippen molar-refractivity contribution in [3.05, 3.63) is 44.3 Å². The third kappa shape index (κ3) is 2.15. The van der Waals surface area contributed by atoms with Crippen molar-refractivity contribution in [2.24, 2.45) is 0 Å². The van der Waals surface area contributed by atoms with E-state index in [-0.39, 0.29) is 9.65 Å². The van der Waals surface area contributed by atoms with Gasteiger partial charge in [-0.05, 0) is 42.6 Å². The van der Waals surface area contributed by atoms with Gasteiger partial charge in [-0.1, -0.05) is 56.1 Å². The number of rotatable bonds is 0. The van der Waals surface area contributed by atoms with Crippen LogP contribution in [0.1, 0.15) is 23.3 Å². The Morgan fingerprint density at radius 3 is 1.45 bits per heavy atom. The van der Waals surface area contributed by atoms with Crippen LogP contribution in [0, 0.1) is 0 Å². The summed E-state index contributed by atoms with van der Waals surface area (Å²) < 4.78 is 1.67. The number of fused-ring (bicyclic) bond motifs is 2. The minimum absolute atomic E-state index is 0.255. The van der Waals surface area contributed by atoms with E-state index in [4.69, 9.17) is 0 Å². The van der Waals surface area contributed by atoms with Crippen molar-refractivity contribution in [3.63, 3.8) is 0 Å². The van der Waals surface area contributed by atoms with Gasteiger partial charge in [0.15, 0.2) is 0 Å². The summed E-state index contributed by atoms with van der Waals surface area (Å²) in [5.41, 5.74) is 1.47. The fraction of sp³-hybridized carbons (Fsp3) is 0.286. The van der Waals surface area contributed by atoms with E-state index in [0.717, 1.165) is 30.8 Å². The second-order valence-electron chi connectivity index (χ2n) is 4.78. The number of aliphatic hydroxyl groups excluding tert-OH is 2. The summed E-state index contributed by atoms with van der Waals surface area (Å²) >= 11 is 14.1.